The SMILES string of the molecule is CCOC(=O)C[C@@H](NC(=O)Nc1ccc2nc3n(c(=O)c2c1)CCCC3)c1ccccc1. The summed E-state index contributed by atoms with van der Waals surface area (Å²) in [4.78, 5) is 42.3. The molecule has 2 amide bonds. The zero-order valence-corrected chi connectivity index (χ0v) is 18.0. The van der Waals surface area contributed by atoms with Crippen LogP contribution in [0.25, 0.3) is 10.9 Å². The van der Waals surface area contributed by atoms with Crippen molar-refractivity contribution in [1.29, 1.82) is 0 Å². The number of aryl methyl sites for hydroxylation is 1. The second kappa shape index (κ2) is 9.64. The van der Waals surface area contributed by atoms with Gasteiger partial charge in [0.2, 0.25) is 0 Å². The van der Waals surface area contributed by atoms with Gasteiger partial charge in [-0.3, -0.25) is 14.2 Å². The first kappa shape index (κ1) is 21.5. The first-order valence-electron chi connectivity index (χ1n) is 10.9. The second-order valence-corrected chi connectivity index (χ2v) is 7.74. The van der Waals surface area contributed by atoms with Crippen molar-refractivity contribution in [3.05, 3.63) is 70.3 Å². The molecule has 0 aliphatic carbocycles. The van der Waals surface area contributed by atoms with Crippen molar-refractivity contribution in [3.8, 4) is 0 Å². The maximum absolute atomic E-state index is 12.9. The summed E-state index contributed by atoms with van der Waals surface area (Å²) in [6, 6.07) is 13.3. The number of amides is 2. The van der Waals surface area contributed by atoms with Crippen LogP contribution in [0.2, 0.25) is 0 Å². The Balaban J connectivity index is 1.53. The average molecular weight is 434 g/mol. The van der Waals surface area contributed by atoms with Crippen molar-refractivity contribution in [2.24, 2.45) is 0 Å². The summed E-state index contributed by atoms with van der Waals surface area (Å²) in [5.41, 5.74) is 1.81. The molecule has 0 saturated heterocycles. The number of carbonyl (C=O) groups is 2. The molecule has 0 spiro atoms. The zero-order chi connectivity index (χ0) is 22.5. The molecule has 0 radical (unpaired) electrons. The molecule has 2 N–H and O–H groups in total. The summed E-state index contributed by atoms with van der Waals surface area (Å²) in [5, 5.41) is 6.07. The number of carbonyl (C=O) groups excluding carboxylic acids is 2. The summed E-state index contributed by atoms with van der Waals surface area (Å²) < 4.78 is 6.77. The van der Waals surface area contributed by atoms with Crippen LogP contribution >= 0.6 is 0 Å². The molecular formula is C24H26N4O4. The minimum absolute atomic E-state index is 0.0143. The van der Waals surface area contributed by atoms with Crippen molar-refractivity contribution in [2.75, 3.05) is 11.9 Å². The third-order valence-electron chi connectivity index (χ3n) is 5.51. The number of nitrogens with one attached hydrogen (secondary N) is 2. The fourth-order valence-electron chi connectivity index (χ4n) is 3.97. The molecular weight excluding hydrogens is 408 g/mol. The van der Waals surface area contributed by atoms with E-state index >= 15 is 0 Å². The summed E-state index contributed by atoms with van der Waals surface area (Å²) in [5.74, 6) is 0.424. The number of esters is 1. The predicted octanol–water partition coefficient (Wildman–Crippen LogP) is 3.55. The van der Waals surface area contributed by atoms with Gasteiger partial charge in [-0.15, -0.1) is 0 Å². The van der Waals surface area contributed by atoms with Gasteiger partial charge in [-0.2, -0.15) is 0 Å². The molecule has 0 fully saturated rings. The molecule has 2 heterocycles. The highest BCUT2D eigenvalue weighted by molar-refractivity contribution is 5.93. The quantitative estimate of drug-likeness (QED) is 0.578. The van der Waals surface area contributed by atoms with Gasteiger partial charge in [-0.05, 0) is 43.5 Å². The van der Waals surface area contributed by atoms with Gasteiger partial charge in [0, 0.05) is 18.7 Å². The number of fused-ring (bicyclic) bond motifs is 2. The molecule has 8 heteroatoms. The Morgan fingerprint density at radius 2 is 1.97 bits per heavy atom. The Morgan fingerprint density at radius 3 is 2.75 bits per heavy atom. The molecule has 32 heavy (non-hydrogen) atoms. The molecule has 3 aromatic rings. The van der Waals surface area contributed by atoms with Crippen LogP contribution in [0.15, 0.2) is 53.3 Å². The molecule has 1 aromatic heterocycles. The Kier molecular flexibility index (Phi) is 6.49. The second-order valence-electron chi connectivity index (χ2n) is 7.74. The van der Waals surface area contributed by atoms with Gasteiger partial charge in [0.15, 0.2) is 0 Å². The number of aromatic nitrogens is 2. The molecule has 0 unspecified atom stereocenters. The number of ether oxygens (including phenoxy) is 1. The van der Waals surface area contributed by atoms with Gasteiger partial charge >= 0.3 is 12.0 Å². The minimum atomic E-state index is -0.546. The summed E-state index contributed by atoms with van der Waals surface area (Å²) in [7, 11) is 0. The molecule has 1 aliphatic rings. The van der Waals surface area contributed by atoms with E-state index in [2.05, 4.69) is 15.6 Å². The maximum Gasteiger partial charge on any atom is 0.319 e. The van der Waals surface area contributed by atoms with Crippen molar-refractivity contribution in [2.45, 2.75) is 45.2 Å². The Labute approximate surface area is 185 Å². The van der Waals surface area contributed by atoms with Crippen LogP contribution in [0.4, 0.5) is 10.5 Å². The van der Waals surface area contributed by atoms with E-state index in [1.807, 2.05) is 30.3 Å². The average Bonchev–Trinajstić information content (AvgIpc) is 2.80. The van der Waals surface area contributed by atoms with Gasteiger partial charge in [0.25, 0.3) is 5.56 Å². The van der Waals surface area contributed by atoms with Gasteiger partial charge < -0.3 is 15.4 Å². The Morgan fingerprint density at radius 1 is 1.16 bits per heavy atom. The van der Waals surface area contributed by atoms with Crippen LogP contribution < -0.4 is 16.2 Å². The van der Waals surface area contributed by atoms with E-state index < -0.39 is 18.0 Å². The van der Waals surface area contributed by atoms with Crippen LogP contribution in [0.3, 0.4) is 0 Å². The van der Waals surface area contributed by atoms with E-state index in [1.54, 1.807) is 29.7 Å². The number of nitrogens with zero attached hydrogens (tertiary/aromatic N) is 2. The standard InChI is InChI=1S/C24H26N4O4/c1-2-32-22(29)15-20(16-8-4-3-5-9-16)27-24(31)25-17-11-12-19-18(14-17)23(30)28-13-7-6-10-21(28)26-19/h3-5,8-9,11-12,14,20H,2,6-7,10,13,15H2,1H3,(H2,25,27,31)/t20-/m1/s1. The van der Waals surface area contributed by atoms with E-state index in [1.165, 1.54) is 0 Å². The van der Waals surface area contributed by atoms with Gasteiger partial charge in [0.05, 0.1) is 30.0 Å². The Bertz CT molecular complexity index is 1190. The molecule has 4 rings (SSSR count). The van der Waals surface area contributed by atoms with Gasteiger partial charge in [0.1, 0.15) is 5.82 Å². The fourth-order valence-corrected chi connectivity index (χ4v) is 3.97. The third-order valence-corrected chi connectivity index (χ3v) is 5.51. The molecule has 1 atom stereocenters. The lowest BCUT2D eigenvalue weighted by Crippen LogP contribution is -2.34. The molecule has 0 saturated carbocycles. The fraction of sp³-hybridized carbons (Fsp3) is 0.333. The lowest BCUT2D eigenvalue weighted by molar-refractivity contribution is -0.143. The van der Waals surface area contributed by atoms with E-state index in [-0.39, 0.29) is 18.6 Å². The highest BCUT2D eigenvalue weighted by Gasteiger charge is 2.20. The smallest absolute Gasteiger partial charge is 0.319 e. The van der Waals surface area contributed by atoms with Crippen molar-refractivity contribution in [1.82, 2.24) is 14.9 Å². The largest absolute Gasteiger partial charge is 0.466 e. The van der Waals surface area contributed by atoms with Crippen LogP contribution in [0.5, 0.6) is 0 Å². The van der Waals surface area contributed by atoms with Crippen molar-refractivity contribution < 1.29 is 14.3 Å². The number of benzene rings is 2. The highest BCUT2D eigenvalue weighted by Crippen LogP contribution is 2.20. The van der Waals surface area contributed by atoms with Crippen LogP contribution in [-0.2, 0) is 22.5 Å². The highest BCUT2D eigenvalue weighted by atomic mass is 16.5. The lowest BCUT2D eigenvalue weighted by Gasteiger charge is -2.19. The van der Waals surface area contributed by atoms with E-state index in [0.717, 1.165) is 30.7 Å². The first-order valence-corrected chi connectivity index (χ1v) is 10.9. The molecule has 1 aliphatic heterocycles. The van der Waals surface area contributed by atoms with Gasteiger partial charge in [-0.25, -0.2) is 9.78 Å². The number of rotatable bonds is 6. The molecule has 2 aromatic carbocycles. The van der Waals surface area contributed by atoms with Crippen LogP contribution in [0, 0.1) is 0 Å². The predicted molar refractivity (Wildman–Crippen MR) is 122 cm³/mol. The normalized spacial score (nSPS) is 13.8. The van der Waals surface area contributed by atoms with Crippen molar-refractivity contribution >= 4 is 28.6 Å². The van der Waals surface area contributed by atoms with Crippen molar-refractivity contribution in [3.63, 3.8) is 0 Å². The third kappa shape index (κ3) is 4.80. The summed E-state index contributed by atoms with van der Waals surface area (Å²) in [6.07, 6.45) is 2.81. The van der Waals surface area contributed by atoms with Crippen LogP contribution in [-0.4, -0.2) is 28.2 Å². The maximum atomic E-state index is 12.9. The molecule has 0 bridgehead atoms. The minimum Gasteiger partial charge on any atom is -0.466 e. The topological polar surface area (TPSA) is 102 Å². The number of anilines is 1. The van der Waals surface area contributed by atoms with E-state index in [0.29, 0.717) is 23.1 Å². The first-order chi connectivity index (χ1) is 15.5. The summed E-state index contributed by atoms with van der Waals surface area (Å²) in [6.45, 7) is 2.68. The monoisotopic (exact) mass is 434 g/mol. The Hall–Kier alpha value is -3.68. The van der Waals surface area contributed by atoms with E-state index in [9.17, 15) is 14.4 Å². The van der Waals surface area contributed by atoms with Gasteiger partial charge in [-0.1, -0.05) is 30.3 Å². The number of hydrogen-bond acceptors (Lipinski definition) is 5. The molecule has 8 nitrogen and oxygen atoms in total. The van der Waals surface area contributed by atoms with E-state index in [4.69, 9.17) is 4.74 Å². The number of urea groups is 1. The molecule has 166 valence electrons. The lowest BCUT2D eigenvalue weighted by atomic mass is 10.0. The van der Waals surface area contributed by atoms with Crippen LogP contribution in [0.1, 0.15) is 43.6 Å². The zero-order valence-electron chi connectivity index (χ0n) is 18.0. The summed E-state index contributed by atoms with van der Waals surface area (Å²) >= 11 is 0. The number of hydrogen-bond donors (Lipinski definition) is 2.